The molecule has 0 bridgehead atoms. The Balaban J connectivity index is 2.01. The molecule has 3 rings (SSSR count). The summed E-state index contributed by atoms with van der Waals surface area (Å²) in [5.41, 5.74) is 0. The molecule has 0 atom stereocenters. The number of amides is 1. The third-order valence-electron chi connectivity index (χ3n) is 3.22. The first-order valence-electron chi connectivity index (χ1n) is 6.07. The minimum Gasteiger partial charge on any atom is -0.322 e. The van der Waals surface area contributed by atoms with Crippen LogP contribution in [-0.4, -0.2) is 23.4 Å². The maximum absolute atomic E-state index is 12.5. The van der Waals surface area contributed by atoms with E-state index >= 15 is 0 Å². The Kier molecular flexibility index (Phi) is 3.17. The fourth-order valence-corrected chi connectivity index (χ4v) is 3.58. The van der Waals surface area contributed by atoms with Crippen molar-refractivity contribution in [3.8, 4) is 6.07 Å². The first-order chi connectivity index (χ1) is 9.22. The highest BCUT2D eigenvalue weighted by Gasteiger charge is 2.34. The van der Waals surface area contributed by atoms with Crippen LogP contribution in [0, 0.1) is 11.3 Å². The smallest absolute Gasteiger partial charge is 0.266 e. The van der Waals surface area contributed by atoms with E-state index in [9.17, 15) is 4.79 Å². The van der Waals surface area contributed by atoms with Crippen LogP contribution >= 0.6 is 22.9 Å². The molecule has 2 aromatic rings. The molecule has 0 radical (unpaired) electrons. The molecule has 1 amide bonds. The highest BCUT2D eigenvalue weighted by atomic mass is 35.5. The highest BCUT2D eigenvalue weighted by molar-refractivity contribution is 7.21. The lowest BCUT2D eigenvalue weighted by Crippen LogP contribution is -2.33. The van der Waals surface area contributed by atoms with E-state index in [2.05, 4.69) is 6.07 Å². The minimum absolute atomic E-state index is 0.116. The van der Waals surface area contributed by atoms with E-state index < -0.39 is 0 Å². The molecule has 3 nitrogen and oxygen atoms in total. The van der Waals surface area contributed by atoms with E-state index in [1.165, 1.54) is 11.3 Å². The summed E-state index contributed by atoms with van der Waals surface area (Å²) in [5, 5.41) is 10.3. The zero-order valence-corrected chi connectivity index (χ0v) is 11.7. The molecule has 0 spiro atoms. The monoisotopic (exact) mass is 290 g/mol. The zero-order valence-electron chi connectivity index (χ0n) is 10.1. The Hall–Kier alpha value is -1.57. The standard InChI is InChI=1S/C14H11ClN2OS/c15-12-10-3-1-2-4-11(10)19-13(12)14(18)17(8-7-16)9-5-6-9/h1-4,9H,5-6,8H2. The number of thiophene rings is 1. The van der Waals surface area contributed by atoms with E-state index in [1.54, 1.807) is 4.90 Å². The number of nitriles is 1. The molecular formula is C14H11ClN2OS. The summed E-state index contributed by atoms with van der Waals surface area (Å²) in [7, 11) is 0. The topological polar surface area (TPSA) is 44.1 Å². The first-order valence-corrected chi connectivity index (χ1v) is 7.26. The summed E-state index contributed by atoms with van der Waals surface area (Å²) in [6.45, 7) is 0.133. The fourth-order valence-electron chi connectivity index (χ4n) is 2.11. The molecule has 0 unspecified atom stereocenters. The van der Waals surface area contributed by atoms with Gasteiger partial charge in [-0.05, 0) is 18.9 Å². The summed E-state index contributed by atoms with van der Waals surface area (Å²) in [4.78, 5) is 14.7. The van der Waals surface area contributed by atoms with Crippen LogP contribution in [0.1, 0.15) is 22.5 Å². The van der Waals surface area contributed by atoms with E-state index in [-0.39, 0.29) is 18.5 Å². The average Bonchev–Trinajstić information content (AvgIpc) is 3.21. The van der Waals surface area contributed by atoms with Gasteiger partial charge >= 0.3 is 0 Å². The van der Waals surface area contributed by atoms with Gasteiger partial charge in [0.15, 0.2) is 0 Å². The lowest BCUT2D eigenvalue weighted by molar-refractivity contribution is 0.0770. The summed E-state index contributed by atoms with van der Waals surface area (Å²) in [5.74, 6) is -0.116. The second kappa shape index (κ2) is 4.84. The second-order valence-electron chi connectivity index (χ2n) is 4.56. The van der Waals surface area contributed by atoms with Gasteiger partial charge in [-0.25, -0.2) is 0 Å². The van der Waals surface area contributed by atoms with Crippen molar-refractivity contribution in [3.05, 3.63) is 34.2 Å². The predicted molar refractivity (Wildman–Crippen MR) is 76.5 cm³/mol. The van der Waals surface area contributed by atoms with Crippen LogP contribution in [0.5, 0.6) is 0 Å². The summed E-state index contributed by atoms with van der Waals surface area (Å²) in [6, 6.07) is 9.98. The number of halogens is 1. The van der Waals surface area contributed by atoms with E-state index in [1.807, 2.05) is 24.3 Å². The molecular weight excluding hydrogens is 280 g/mol. The van der Waals surface area contributed by atoms with Gasteiger partial charge < -0.3 is 4.90 Å². The van der Waals surface area contributed by atoms with Gasteiger partial charge in [0, 0.05) is 16.1 Å². The Bertz CT molecular complexity index is 684. The number of carbonyl (C=O) groups excluding carboxylic acids is 1. The van der Waals surface area contributed by atoms with E-state index in [4.69, 9.17) is 16.9 Å². The fraction of sp³-hybridized carbons (Fsp3) is 0.286. The van der Waals surface area contributed by atoms with E-state index in [0.29, 0.717) is 9.90 Å². The number of rotatable bonds is 3. The van der Waals surface area contributed by atoms with Gasteiger partial charge in [0.25, 0.3) is 5.91 Å². The van der Waals surface area contributed by atoms with Gasteiger partial charge in [-0.1, -0.05) is 29.8 Å². The molecule has 1 saturated carbocycles. The molecule has 1 fully saturated rings. The van der Waals surface area contributed by atoms with Crippen molar-refractivity contribution in [1.29, 1.82) is 5.26 Å². The minimum atomic E-state index is -0.116. The number of benzene rings is 1. The van der Waals surface area contributed by atoms with Crippen LogP contribution < -0.4 is 0 Å². The molecule has 0 saturated heterocycles. The van der Waals surface area contributed by atoms with Crippen molar-refractivity contribution < 1.29 is 4.79 Å². The lowest BCUT2D eigenvalue weighted by atomic mass is 10.2. The normalized spacial score (nSPS) is 14.3. The number of fused-ring (bicyclic) bond motifs is 1. The molecule has 0 aliphatic heterocycles. The average molecular weight is 291 g/mol. The summed E-state index contributed by atoms with van der Waals surface area (Å²) in [6.07, 6.45) is 1.96. The van der Waals surface area contributed by atoms with Crippen LogP contribution in [0.25, 0.3) is 10.1 Å². The van der Waals surface area contributed by atoms with Crippen molar-refractivity contribution >= 4 is 38.9 Å². The Morgan fingerprint density at radius 1 is 1.47 bits per heavy atom. The van der Waals surface area contributed by atoms with Crippen molar-refractivity contribution in [2.75, 3.05) is 6.54 Å². The van der Waals surface area contributed by atoms with E-state index in [0.717, 1.165) is 22.9 Å². The van der Waals surface area contributed by atoms with Crippen LogP contribution in [-0.2, 0) is 0 Å². The molecule has 19 heavy (non-hydrogen) atoms. The van der Waals surface area contributed by atoms with Crippen LogP contribution in [0.4, 0.5) is 0 Å². The molecule has 0 N–H and O–H groups in total. The summed E-state index contributed by atoms with van der Waals surface area (Å²) >= 11 is 7.70. The van der Waals surface area contributed by atoms with Crippen molar-refractivity contribution in [2.24, 2.45) is 0 Å². The number of hydrogen-bond acceptors (Lipinski definition) is 3. The largest absolute Gasteiger partial charge is 0.322 e. The van der Waals surface area contributed by atoms with Gasteiger partial charge in [-0.15, -0.1) is 11.3 Å². The van der Waals surface area contributed by atoms with Crippen LogP contribution in [0.15, 0.2) is 24.3 Å². The Morgan fingerprint density at radius 3 is 2.84 bits per heavy atom. The second-order valence-corrected chi connectivity index (χ2v) is 5.99. The maximum Gasteiger partial charge on any atom is 0.266 e. The molecule has 1 heterocycles. The molecule has 1 aliphatic rings. The zero-order chi connectivity index (χ0) is 13.4. The van der Waals surface area contributed by atoms with Gasteiger partial charge in [-0.3, -0.25) is 4.79 Å². The molecule has 96 valence electrons. The first kappa shape index (κ1) is 12.5. The highest BCUT2D eigenvalue weighted by Crippen LogP contribution is 2.37. The van der Waals surface area contributed by atoms with Crippen molar-refractivity contribution in [2.45, 2.75) is 18.9 Å². The molecule has 1 aromatic heterocycles. The Labute approximate surface area is 120 Å². The van der Waals surface area contributed by atoms with Gasteiger partial charge in [0.05, 0.1) is 11.1 Å². The van der Waals surface area contributed by atoms with Gasteiger partial charge in [-0.2, -0.15) is 5.26 Å². The predicted octanol–water partition coefficient (Wildman–Crippen LogP) is 3.68. The molecule has 1 aromatic carbocycles. The summed E-state index contributed by atoms with van der Waals surface area (Å²) < 4.78 is 1.00. The molecule has 5 heteroatoms. The number of carbonyl (C=O) groups is 1. The van der Waals surface area contributed by atoms with Crippen molar-refractivity contribution in [3.63, 3.8) is 0 Å². The van der Waals surface area contributed by atoms with Crippen molar-refractivity contribution in [1.82, 2.24) is 4.90 Å². The third-order valence-corrected chi connectivity index (χ3v) is 4.88. The van der Waals surface area contributed by atoms with Gasteiger partial charge in [0.2, 0.25) is 0 Å². The maximum atomic E-state index is 12.5. The number of nitrogens with zero attached hydrogens (tertiary/aromatic N) is 2. The lowest BCUT2D eigenvalue weighted by Gasteiger charge is -2.17. The van der Waals surface area contributed by atoms with Crippen LogP contribution in [0.2, 0.25) is 5.02 Å². The third kappa shape index (κ3) is 2.20. The quantitative estimate of drug-likeness (QED) is 0.809. The molecule has 1 aliphatic carbocycles. The SMILES string of the molecule is N#CCN(C(=O)c1sc2ccccc2c1Cl)C1CC1. The van der Waals surface area contributed by atoms with Crippen LogP contribution in [0.3, 0.4) is 0 Å². The Morgan fingerprint density at radius 2 is 2.21 bits per heavy atom. The van der Waals surface area contributed by atoms with Gasteiger partial charge in [0.1, 0.15) is 11.4 Å². The number of hydrogen-bond donors (Lipinski definition) is 0.